The van der Waals surface area contributed by atoms with E-state index < -0.39 is 11.5 Å². The molecule has 5 heteroatoms. The lowest BCUT2D eigenvalue weighted by Crippen LogP contribution is -2.58. The number of hydrogen-bond acceptors (Lipinski definition) is 2. The van der Waals surface area contributed by atoms with Gasteiger partial charge in [-0.05, 0) is 37.5 Å². The molecule has 0 unspecified atom stereocenters. The van der Waals surface area contributed by atoms with Crippen molar-refractivity contribution in [3.05, 3.63) is 0 Å². The predicted molar refractivity (Wildman–Crippen MR) is 81.2 cm³/mol. The second-order valence-corrected chi connectivity index (χ2v) is 6.76. The van der Waals surface area contributed by atoms with E-state index in [0.717, 1.165) is 51.6 Å². The first kappa shape index (κ1) is 16.1. The van der Waals surface area contributed by atoms with Crippen molar-refractivity contribution in [3.8, 4) is 0 Å². The molecule has 120 valence electrons. The molecule has 1 saturated heterocycles. The van der Waals surface area contributed by atoms with Gasteiger partial charge in [0.1, 0.15) is 5.54 Å². The minimum Gasteiger partial charge on any atom is -0.480 e. The molecule has 2 fully saturated rings. The van der Waals surface area contributed by atoms with Crippen LogP contribution in [0.5, 0.6) is 0 Å². The fraction of sp³-hybridized carbons (Fsp3) is 0.875. The first-order valence-electron chi connectivity index (χ1n) is 8.27. The van der Waals surface area contributed by atoms with Crippen LogP contribution in [0, 0.1) is 5.41 Å². The summed E-state index contributed by atoms with van der Waals surface area (Å²) in [5, 5.41) is 12.4. The number of carboxylic acid groups (broad SMARTS) is 1. The summed E-state index contributed by atoms with van der Waals surface area (Å²) in [4.78, 5) is 25.9. The highest BCUT2D eigenvalue weighted by Crippen LogP contribution is 2.37. The Hall–Kier alpha value is -1.26. The summed E-state index contributed by atoms with van der Waals surface area (Å²) in [7, 11) is 0. The van der Waals surface area contributed by atoms with Gasteiger partial charge < -0.3 is 15.3 Å². The van der Waals surface area contributed by atoms with E-state index in [1.54, 1.807) is 0 Å². The van der Waals surface area contributed by atoms with Gasteiger partial charge in [0.2, 0.25) is 0 Å². The Bertz CT molecular complexity index is 398. The molecule has 0 aromatic carbocycles. The number of urea groups is 1. The Kier molecular flexibility index (Phi) is 4.79. The highest BCUT2D eigenvalue weighted by atomic mass is 16.4. The SMILES string of the molecule is CCC1(CC)CCN(C(=O)NC2(C(=O)O)CCCCC2)C1. The van der Waals surface area contributed by atoms with Crippen LogP contribution in [0.25, 0.3) is 0 Å². The normalized spacial score (nSPS) is 23.8. The Morgan fingerprint density at radius 3 is 2.19 bits per heavy atom. The van der Waals surface area contributed by atoms with Gasteiger partial charge >= 0.3 is 12.0 Å². The summed E-state index contributed by atoms with van der Waals surface area (Å²) in [6, 6.07) is -0.192. The maximum Gasteiger partial charge on any atom is 0.329 e. The second kappa shape index (κ2) is 6.24. The number of aliphatic carboxylic acids is 1. The van der Waals surface area contributed by atoms with Gasteiger partial charge in [-0.2, -0.15) is 0 Å². The molecule has 0 aromatic rings. The zero-order valence-electron chi connectivity index (χ0n) is 13.3. The summed E-state index contributed by atoms with van der Waals surface area (Å²) in [5.74, 6) is -0.882. The van der Waals surface area contributed by atoms with Crippen LogP contribution in [-0.2, 0) is 4.79 Å². The van der Waals surface area contributed by atoms with Crippen LogP contribution in [-0.4, -0.2) is 40.6 Å². The molecule has 5 nitrogen and oxygen atoms in total. The van der Waals surface area contributed by atoms with E-state index in [1.165, 1.54) is 0 Å². The van der Waals surface area contributed by atoms with E-state index >= 15 is 0 Å². The lowest BCUT2D eigenvalue weighted by Gasteiger charge is -2.35. The number of rotatable bonds is 4. The highest BCUT2D eigenvalue weighted by Gasteiger charge is 2.44. The van der Waals surface area contributed by atoms with Crippen molar-refractivity contribution in [1.29, 1.82) is 0 Å². The van der Waals surface area contributed by atoms with E-state index in [0.29, 0.717) is 12.8 Å². The molecule has 1 heterocycles. The maximum absolute atomic E-state index is 12.5. The molecule has 0 spiro atoms. The van der Waals surface area contributed by atoms with Gasteiger partial charge in [-0.3, -0.25) is 0 Å². The Morgan fingerprint density at radius 2 is 1.71 bits per heavy atom. The molecular formula is C16H28N2O3. The molecule has 2 rings (SSSR count). The molecule has 1 aliphatic heterocycles. The number of nitrogens with one attached hydrogen (secondary N) is 1. The van der Waals surface area contributed by atoms with Crippen molar-refractivity contribution in [1.82, 2.24) is 10.2 Å². The fourth-order valence-electron chi connectivity index (χ4n) is 3.77. The monoisotopic (exact) mass is 296 g/mol. The van der Waals surface area contributed by atoms with Gasteiger partial charge in [-0.1, -0.05) is 33.1 Å². The van der Waals surface area contributed by atoms with Gasteiger partial charge in [0, 0.05) is 13.1 Å². The number of nitrogens with zero attached hydrogens (tertiary/aromatic N) is 1. The van der Waals surface area contributed by atoms with Crippen LogP contribution in [0.3, 0.4) is 0 Å². The van der Waals surface area contributed by atoms with Crippen LogP contribution in [0.2, 0.25) is 0 Å². The Morgan fingerprint density at radius 1 is 1.10 bits per heavy atom. The molecule has 1 saturated carbocycles. The number of likely N-dealkylation sites (tertiary alicyclic amines) is 1. The molecule has 1 aliphatic carbocycles. The average Bonchev–Trinajstić information content (AvgIpc) is 2.93. The lowest BCUT2D eigenvalue weighted by atomic mass is 9.81. The van der Waals surface area contributed by atoms with Crippen LogP contribution < -0.4 is 5.32 Å². The van der Waals surface area contributed by atoms with Crippen LogP contribution in [0.1, 0.15) is 65.2 Å². The summed E-state index contributed by atoms with van der Waals surface area (Å²) < 4.78 is 0. The second-order valence-electron chi connectivity index (χ2n) is 6.76. The summed E-state index contributed by atoms with van der Waals surface area (Å²) in [6.07, 6.45) is 7.07. The predicted octanol–water partition coefficient (Wildman–Crippen LogP) is 3.00. The van der Waals surface area contributed by atoms with Crippen molar-refractivity contribution >= 4 is 12.0 Å². The molecule has 0 aromatic heterocycles. The fourth-order valence-corrected chi connectivity index (χ4v) is 3.77. The number of amides is 2. The third-order valence-corrected chi connectivity index (χ3v) is 5.69. The topological polar surface area (TPSA) is 69.6 Å². The Labute approximate surface area is 127 Å². The van der Waals surface area contributed by atoms with Crippen LogP contribution in [0.4, 0.5) is 4.79 Å². The van der Waals surface area contributed by atoms with E-state index in [-0.39, 0.29) is 11.4 Å². The van der Waals surface area contributed by atoms with Gasteiger partial charge in [-0.25, -0.2) is 9.59 Å². The van der Waals surface area contributed by atoms with E-state index in [2.05, 4.69) is 19.2 Å². The largest absolute Gasteiger partial charge is 0.480 e. The van der Waals surface area contributed by atoms with Crippen molar-refractivity contribution in [2.24, 2.45) is 5.41 Å². The molecule has 0 radical (unpaired) electrons. The molecule has 2 aliphatic rings. The zero-order chi connectivity index (χ0) is 15.5. The molecule has 21 heavy (non-hydrogen) atoms. The Balaban J connectivity index is 2.02. The number of carbonyl (C=O) groups is 2. The number of carbonyl (C=O) groups excluding carboxylic acids is 1. The van der Waals surface area contributed by atoms with Crippen molar-refractivity contribution in [3.63, 3.8) is 0 Å². The maximum atomic E-state index is 12.5. The van der Waals surface area contributed by atoms with Gasteiger partial charge in [0.25, 0.3) is 0 Å². The van der Waals surface area contributed by atoms with Crippen LogP contribution >= 0.6 is 0 Å². The van der Waals surface area contributed by atoms with Gasteiger partial charge in [-0.15, -0.1) is 0 Å². The summed E-state index contributed by atoms with van der Waals surface area (Å²) in [6.45, 7) is 5.83. The van der Waals surface area contributed by atoms with Gasteiger partial charge in [0.05, 0.1) is 0 Å². The van der Waals surface area contributed by atoms with E-state index in [9.17, 15) is 14.7 Å². The van der Waals surface area contributed by atoms with E-state index in [1.807, 2.05) is 4.90 Å². The third-order valence-electron chi connectivity index (χ3n) is 5.69. The molecular weight excluding hydrogens is 268 g/mol. The summed E-state index contributed by atoms with van der Waals surface area (Å²) in [5.41, 5.74) is -0.820. The molecule has 2 amide bonds. The first-order chi connectivity index (χ1) is 9.97. The van der Waals surface area contributed by atoms with Crippen molar-refractivity contribution in [2.45, 2.75) is 70.8 Å². The minimum absolute atomic E-state index is 0.192. The van der Waals surface area contributed by atoms with Crippen LogP contribution in [0.15, 0.2) is 0 Å². The zero-order valence-corrected chi connectivity index (χ0v) is 13.3. The average molecular weight is 296 g/mol. The smallest absolute Gasteiger partial charge is 0.329 e. The third kappa shape index (κ3) is 3.16. The number of carboxylic acids is 1. The summed E-state index contributed by atoms with van der Waals surface area (Å²) >= 11 is 0. The molecule has 0 atom stereocenters. The number of hydrogen-bond donors (Lipinski definition) is 2. The molecule has 0 bridgehead atoms. The highest BCUT2D eigenvalue weighted by molar-refractivity contribution is 5.86. The van der Waals surface area contributed by atoms with Gasteiger partial charge in [0.15, 0.2) is 0 Å². The van der Waals surface area contributed by atoms with Crippen molar-refractivity contribution in [2.75, 3.05) is 13.1 Å². The minimum atomic E-state index is -1.04. The quantitative estimate of drug-likeness (QED) is 0.838. The van der Waals surface area contributed by atoms with E-state index in [4.69, 9.17) is 0 Å². The molecule has 2 N–H and O–H groups in total. The van der Waals surface area contributed by atoms with Crippen molar-refractivity contribution < 1.29 is 14.7 Å². The first-order valence-corrected chi connectivity index (χ1v) is 8.27. The standard InChI is InChI=1S/C16H28N2O3/c1-3-15(4-2)10-11-18(12-15)14(21)17-16(13(19)20)8-6-5-7-9-16/h3-12H2,1-2H3,(H,17,21)(H,19,20). The lowest BCUT2D eigenvalue weighted by molar-refractivity contribution is -0.145.